The molecule has 0 unspecified atom stereocenters. The van der Waals surface area contributed by atoms with Crippen molar-refractivity contribution in [2.45, 2.75) is 32.7 Å². The van der Waals surface area contributed by atoms with Crippen LogP contribution in [0, 0.1) is 13.8 Å². The third kappa shape index (κ3) is 3.39. The Kier molecular flexibility index (Phi) is 4.53. The topological polar surface area (TPSA) is 42.6 Å². The number of amides is 1. The van der Waals surface area contributed by atoms with E-state index in [1.165, 1.54) is 35.5 Å². The fourth-order valence-electron chi connectivity index (χ4n) is 3.91. The van der Waals surface area contributed by atoms with E-state index < -0.39 is 0 Å². The van der Waals surface area contributed by atoms with Crippen molar-refractivity contribution in [3.8, 4) is 0 Å². The quantitative estimate of drug-likeness (QED) is 0.795. The number of aromatic amines is 1. The van der Waals surface area contributed by atoms with Gasteiger partial charge in [0.2, 0.25) is 5.91 Å². The van der Waals surface area contributed by atoms with E-state index >= 15 is 0 Å². The van der Waals surface area contributed by atoms with Crippen LogP contribution in [0.5, 0.6) is 0 Å². The van der Waals surface area contributed by atoms with Gasteiger partial charge in [0.05, 0.1) is 0 Å². The molecule has 0 aromatic carbocycles. The van der Waals surface area contributed by atoms with Crippen LogP contribution in [0.4, 0.5) is 5.69 Å². The van der Waals surface area contributed by atoms with Crippen molar-refractivity contribution in [3.63, 3.8) is 0 Å². The minimum Gasteiger partial charge on any atom is -0.368 e. The molecule has 2 aromatic heterocycles. The summed E-state index contributed by atoms with van der Waals surface area (Å²) in [6.07, 6.45) is 10.2. The highest BCUT2D eigenvalue weighted by Gasteiger charge is 2.26. The zero-order chi connectivity index (χ0) is 18.1. The highest BCUT2D eigenvalue weighted by molar-refractivity contribution is 5.92. The molecule has 1 amide bonds. The number of aryl methyl sites for hydroxylation is 1. The van der Waals surface area contributed by atoms with E-state index in [9.17, 15) is 4.79 Å². The number of pyridine rings is 1. The monoisotopic (exact) mass is 351 g/mol. The van der Waals surface area contributed by atoms with Crippen LogP contribution in [0.2, 0.25) is 0 Å². The predicted octanol–water partition coefficient (Wildman–Crippen LogP) is 2.62. The Labute approximate surface area is 154 Å². The maximum atomic E-state index is 12.6. The number of aromatic nitrogens is 2. The van der Waals surface area contributed by atoms with Crippen LogP contribution in [0.15, 0.2) is 36.7 Å². The van der Waals surface area contributed by atoms with Crippen molar-refractivity contribution in [3.05, 3.63) is 53.6 Å². The Morgan fingerprint density at radius 2 is 1.81 bits per heavy atom. The van der Waals surface area contributed by atoms with Gasteiger partial charge in [0, 0.05) is 67.5 Å². The van der Waals surface area contributed by atoms with Gasteiger partial charge in [-0.3, -0.25) is 4.79 Å². The number of carbonyl (C=O) groups excluding carboxylic acids is 1. The highest BCUT2D eigenvalue weighted by atomic mass is 16.2. The molecular weight excluding hydrogens is 324 g/mol. The summed E-state index contributed by atoms with van der Waals surface area (Å²) in [6.45, 7) is 7.60. The fraction of sp³-hybridized carbons (Fsp3) is 0.429. The Morgan fingerprint density at radius 1 is 1.12 bits per heavy atom. The van der Waals surface area contributed by atoms with Crippen LogP contribution in [0.3, 0.4) is 0 Å². The molecule has 3 heterocycles. The number of hydrogen-bond acceptors (Lipinski definition) is 2. The molecule has 0 atom stereocenters. The first-order valence-corrected chi connectivity index (χ1v) is 9.50. The molecule has 1 aliphatic heterocycles. The van der Waals surface area contributed by atoms with Crippen molar-refractivity contribution in [2.75, 3.05) is 31.1 Å². The van der Waals surface area contributed by atoms with E-state index in [1.54, 1.807) is 6.08 Å². The summed E-state index contributed by atoms with van der Waals surface area (Å²) < 4.78 is 2.42. The second-order valence-corrected chi connectivity index (χ2v) is 7.33. The average Bonchev–Trinajstić information content (AvgIpc) is 3.46. The molecule has 2 aliphatic rings. The largest absolute Gasteiger partial charge is 0.368 e. The van der Waals surface area contributed by atoms with Crippen molar-refractivity contribution in [2.24, 2.45) is 0 Å². The highest BCUT2D eigenvalue weighted by Crippen LogP contribution is 2.38. The van der Waals surface area contributed by atoms with Crippen LogP contribution < -0.4 is 9.88 Å². The summed E-state index contributed by atoms with van der Waals surface area (Å²) in [4.78, 5) is 19.9. The minimum atomic E-state index is 0.113. The number of H-pyrrole nitrogens is 1. The predicted molar refractivity (Wildman–Crippen MR) is 103 cm³/mol. The van der Waals surface area contributed by atoms with Gasteiger partial charge in [-0.25, -0.2) is 4.98 Å². The first-order chi connectivity index (χ1) is 12.6. The molecule has 5 nitrogen and oxygen atoms in total. The van der Waals surface area contributed by atoms with Crippen molar-refractivity contribution in [1.82, 2.24) is 9.47 Å². The van der Waals surface area contributed by atoms with E-state index in [2.05, 4.69) is 46.5 Å². The van der Waals surface area contributed by atoms with Gasteiger partial charge in [-0.15, -0.1) is 0 Å². The number of piperazine rings is 1. The Morgan fingerprint density at radius 3 is 2.46 bits per heavy atom. The third-order valence-electron chi connectivity index (χ3n) is 5.50. The van der Waals surface area contributed by atoms with E-state index in [0.29, 0.717) is 6.04 Å². The number of nitrogens with one attached hydrogen (secondary N) is 1. The van der Waals surface area contributed by atoms with Crippen LogP contribution in [0.25, 0.3) is 6.08 Å². The molecule has 0 bridgehead atoms. The molecule has 2 fully saturated rings. The zero-order valence-electron chi connectivity index (χ0n) is 15.6. The summed E-state index contributed by atoms with van der Waals surface area (Å²) in [6, 6.07) is 7.03. The lowest BCUT2D eigenvalue weighted by Gasteiger charge is -2.35. The maximum absolute atomic E-state index is 12.6. The number of anilines is 1. The SMILES string of the molecule is Cc1cc(/C=C/C(=O)N2CCN(c3cc[nH+]cc3)CC2)c(C)n1C1CC1. The first-order valence-electron chi connectivity index (χ1n) is 9.50. The number of carbonyl (C=O) groups is 1. The van der Waals surface area contributed by atoms with Crippen LogP contribution in [0.1, 0.15) is 35.8 Å². The lowest BCUT2D eigenvalue weighted by atomic mass is 10.2. The van der Waals surface area contributed by atoms with Gasteiger partial charge in [-0.1, -0.05) is 0 Å². The summed E-state index contributed by atoms with van der Waals surface area (Å²) in [5, 5.41) is 0. The van der Waals surface area contributed by atoms with Crippen LogP contribution in [-0.4, -0.2) is 41.6 Å². The Bertz CT molecular complexity index is 812. The lowest BCUT2D eigenvalue weighted by Crippen LogP contribution is -2.48. The molecule has 136 valence electrons. The molecule has 1 N–H and O–H groups in total. The van der Waals surface area contributed by atoms with Gasteiger partial charge >= 0.3 is 0 Å². The normalized spacial score (nSPS) is 17.9. The molecule has 1 saturated heterocycles. The van der Waals surface area contributed by atoms with Gasteiger partial charge in [-0.05, 0) is 44.4 Å². The first kappa shape index (κ1) is 16.9. The standard InChI is InChI=1S/C21H26N4O/c1-16-15-18(17(2)25(16)20-4-5-20)3-6-21(26)24-13-11-23(12-14-24)19-7-9-22-10-8-19/h3,6-10,15,20H,4-5,11-14H2,1-2H3/p+1/b6-3+. The fourth-order valence-corrected chi connectivity index (χ4v) is 3.91. The minimum absolute atomic E-state index is 0.113. The molecule has 0 radical (unpaired) electrons. The number of rotatable bonds is 4. The van der Waals surface area contributed by atoms with Crippen molar-refractivity contribution < 1.29 is 9.78 Å². The third-order valence-corrected chi connectivity index (χ3v) is 5.50. The van der Waals surface area contributed by atoms with Crippen LogP contribution in [-0.2, 0) is 4.79 Å². The average molecular weight is 351 g/mol. The molecule has 26 heavy (non-hydrogen) atoms. The van der Waals surface area contributed by atoms with Gasteiger partial charge < -0.3 is 14.4 Å². The number of hydrogen-bond donors (Lipinski definition) is 0. The van der Waals surface area contributed by atoms with Gasteiger partial charge in [0.15, 0.2) is 12.4 Å². The molecule has 2 aromatic rings. The summed E-state index contributed by atoms with van der Waals surface area (Å²) in [7, 11) is 0. The second kappa shape index (κ2) is 6.98. The lowest BCUT2D eigenvalue weighted by molar-refractivity contribution is -0.377. The summed E-state index contributed by atoms with van der Waals surface area (Å²) in [5.74, 6) is 0.113. The van der Waals surface area contributed by atoms with Crippen molar-refractivity contribution >= 4 is 17.7 Å². The molecular formula is C21H27N4O+. The van der Waals surface area contributed by atoms with Gasteiger partial charge in [0.25, 0.3) is 0 Å². The summed E-state index contributed by atoms with van der Waals surface area (Å²) in [5.41, 5.74) is 4.95. The number of nitrogens with zero attached hydrogens (tertiary/aromatic N) is 3. The second-order valence-electron chi connectivity index (χ2n) is 7.33. The van der Waals surface area contributed by atoms with Crippen LogP contribution >= 0.6 is 0 Å². The molecule has 5 heteroatoms. The van der Waals surface area contributed by atoms with E-state index in [0.717, 1.165) is 26.2 Å². The zero-order valence-corrected chi connectivity index (χ0v) is 15.6. The van der Waals surface area contributed by atoms with Gasteiger partial charge in [0.1, 0.15) is 0 Å². The molecule has 1 saturated carbocycles. The molecule has 1 aliphatic carbocycles. The van der Waals surface area contributed by atoms with Crippen molar-refractivity contribution in [1.29, 1.82) is 0 Å². The Balaban J connectivity index is 1.37. The molecule has 0 spiro atoms. The maximum Gasteiger partial charge on any atom is 0.246 e. The molecule has 4 rings (SSSR count). The van der Waals surface area contributed by atoms with E-state index in [-0.39, 0.29) is 5.91 Å². The Hall–Kier alpha value is -2.56. The summed E-state index contributed by atoms with van der Waals surface area (Å²) >= 11 is 0. The van der Waals surface area contributed by atoms with Gasteiger partial charge in [-0.2, -0.15) is 0 Å². The smallest absolute Gasteiger partial charge is 0.246 e. The van der Waals surface area contributed by atoms with E-state index in [4.69, 9.17) is 0 Å². The van der Waals surface area contributed by atoms with E-state index in [1.807, 2.05) is 23.4 Å².